The van der Waals surface area contributed by atoms with E-state index in [9.17, 15) is 13.2 Å². The van der Waals surface area contributed by atoms with Crippen molar-refractivity contribution in [2.45, 2.75) is 17.4 Å². The maximum absolute atomic E-state index is 12.8. The fourth-order valence-electron chi connectivity index (χ4n) is 3.61. The summed E-state index contributed by atoms with van der Waals surface area (Å²) in [7, 11) is -3.39. The Morgan fingerprint density at radius 2 is 2.11 bits per heavy atom. The molecule has 1 amide bonds. The van der Waals surface area contributed by atoms with Crippen LogP contribution in [0.5, 0.6) is 5.75 Å². The minimum absolute atomic E-state index is 0.00188. The van der Waals surface area contributed by atoms with Crippen LogP contribution in [0.25, 0.3) is 0 Å². The molecule has 1 N–H and O–H groups in total. The van der Waals surface area contributed by atoms with E-state index in [4.69, 9.17) is 4.74 Å². The summed E-state index contributed by atoms with van der Waals surface area (Å²) in [6, 6.07) is 13.1. The Morgan fingerprint density at radius 3 is 3.00 bits per heavy atom. The first-order valence-corrected chi connectivity index (χ1v) is 11.4. The normalized spacial score (nSPS) is 21.6. The van der Waals surface area contributed by atoms with Gasteiger partial charge in [-0.3, -0.25) is 4.79 Å². The van der Waals surface area contributed by atoms with Gasteiger partial charge in [-0.05, 0) is 36.0 Å². The zero-order valence-electron chi connectivity index (χ0n) is 14.8. The SMILES string of the molecule is O=C(N[C@@H]1CCOc2ccccc21)c1ccc2c(c1)SC1=NS(=O)(=O)CCN12. The molecule has 1 atom stereocenters. The lowest BCUT2D eigenvalue weighted by Gasteiger charge is -2.26. The van der Waals surface area contributed by atoms with E-state index in [0.29, 0.717) is 30.3 Å². The Morgan fingerprint density at radius 1 is 1.25 bits per heavy atom. The molecule has 0 fully saturated rings. The number of ether oxygens (including phenoxy) is 1. The molecule has 5 rings (SSSR count). The van der Waals surface area contributed by atoms with Crippen molar-refractivity contribution in [2.75, 3.05) is 23.8 Å². The van der Waals surface area contributed by atoms with Crippen molar-refractivity contribution in [3.63, 3.8) is 0 Å². The topological polar surface area (TPSA) is 88.1 Å². The zero-order chi connectivity index (χ0) is 19.3. The molecule has 0 aliphatic carbocycles. The number of thioether (sulfide) groups is 1. The molecule has 3 aliphatic rings. The van der Waals surface area contributed by atoms with Gasteiger partial charge in [0, 0.05) is 29.0 Å². The lowest BCUT2D eigenvalue weighted by atomic mass is 10.00. The molecule has 0 spiro atoms. The molecule has 2 aromatic rings. The summed E-state index contributed by atoms with van der Waals surface area (Å²) in [6.45, 7) is 0.941. The summed E-state index contributed by atoms with van der Waals surface area (Å²) < 4.78 is 33.0. The number of nitrogens with zero attached hydrogens (tertiary/aromatic N) is 2. The average molecular weight is 415 g/mol. The highest BCUT2D eigenvalue weighted by molar-refractivity contribution is 8.15. The number of amidine groups is 1. The van der Waals surface area contributed by atoms with Gasteiger partial charge in [-0.15, -0.1) is 4.40 Å². The summed E-state index contributed by atoms with van der Waals surface area (Å²) in [5, 5.41) is 3.55. The zero-order valence-corrected chi connectivity index (χ0v) is 16.4. The van der Waals surface area contributed by atoms with Crippen LogP contribution in [-0.2, 0) is 10.0 Å². The van der Waals surface area contributed by atoms with Crippen molar-refractivity contribution >= 4 is 38.5 Å². The summed E-state index contributed by atoms with van der Waals surface area (Å²) in [4.78, 5) is 15.6. The number of carbonyl (C=O) groups excluding carboxylic acids is 1. The van der Waals surface area contributed by atoms with E-state index in [1.165, 1.54) is 11.8 Å². The van der Waals surface area contributed by atoms with E-state index < -0.39 is 10.0 Å². The van der Waals surface area contributed by atoms with Crippen LogP contribution in [-0.4, -0.2) is 38.4 Å². The van der Waals surface area contributed by atoms with Crippen molar-refractivity contribution in [3.8, 4) is 5.75 Å². The maximum atomic E-state index is 12.8. The Hall–Kier alpha value is -2.52. The average Bonchev–Trinajstić information content (AvgIpc) is 3.03. The van der Waals surface area contributed by atoms with E-state index >= 15 is 0 Å². The second-order valence-electron chi connectivity index (χ2n) is 6.80. The molecule has 9 heteroatoms. The third-order valence-corrected chi connectivity index (χ3v) is 7.31. The summed E-state index contributed by atoms with van der Waals surface area (Å²) in [5.41, 5.74) is 2.42. The number of rotatable bonds is 2. The predicted octanol–water partition coefficient (Wildman–Crippen LogP) is 2.55. The van der Waals surface area contributed by atoms with E-state index in [0.717, 1.165) is 21.9 Å². The van der Waals surface area contributed by atoms with Crippen molar-refractivity contribution in [1.29, 1.82) is 0 Å². The van der Waals surface area contributed by atoms with Crippen molar-refractivity contribution < 1.29 is 17.9 Å². The minimum atomic E-state index is -3.39. The standard InChI is InChI=1S/C19H17N3O4S2/c23-18(20-14-7-9-26-16-4-2-1-3-13(14)16)12-5-6-15-17(11-12)27-19-21-28(24,25)10-8-22(15)19/h1-6,11,14H,7-10H2,(H,20,23)/t14-/m1/s1. The Kier molecular flexibility index (Phi) is 4.09. The number of fused-ring (bicyclic) bond motifs is 4. The molecule has 0 bridgehead atoms. The number of anilines is 1. The molecule has 2 aromatic carbocycles. The molecular formula is C19H17N3O4S2. The molecule has 0 unspecified atom stereocenters. The monoisotopic (exact) mass is 415 g/mol. The number of carbonyl (C=O) groups is 1. The molecule has 28 heavy (non-hydrogen) atoms. The molecule has 7 nitrogen and oxygen atoms in total. The van der Waals surface area contributed by atoms with Crippen LogP contribution in [0.2, 0.25) is 0 Å². The summed E-state index contributed by atoms with van der Waals surface area (Å²) in [5.74, 6) is 0.645. The van der Waals surface area contributed by atoms with Gasteiger partial charge in [0.1, 0.15) is 5.75 Å². The third kappa shape index (κ3) is 3.04. The van der Waals surface area contributed by atoms with Crippen LogP contribution in [0, 0.1) is 0 Å². The molecule has 3 aliphatic heterocycles. The predicted molar refractivity (Wildman–Crippen MR) is 108 cm³/mol. The van der Waals surface area contributed by atoms with Crippen LogP contribution in [0.15, 0.2) is 51.8 Å². The van der Waals surface area contributed by atoms with E-state index in [1.54, 1.807) is 12.1 Å². The Labute approximate surface area is 166 Å². The summed E-state index contributed by atoms with van der Waals surface area (Å²) in [6.07, 6.45) is 0.713. The van der Waals surface area contributed by atoms with E-state index in [1.807, 2.05) is 35.2 Å². The molecule has 0 saturated carbocycles. The first-order valence-electron chi connectivity index (χ1n) is 8.95. The highest BCUT2D eigenvalue weighted by atomic mass is 32.2. The quantitative estimate of drug-likeness (QED) is 0.811. The second-order valence-corrected chi connectivity index (χ2v) is 9.56. The van der Waals surface area contributed by atoms with Gasteiger partial charge in [0.2, 0.25) is 0 Å². The molecule has 0 aromatic heterocycles. The van der Waals surface area contributed by atoms with E-state index in [2.05, 4.69) is 9.71 Å². The molecule has 0 saturated heterocycles. The number of amides is 1. The van der Waals surface area contributed by atoms with Crippen LogP contribution >= 0.6 is 11.8 Å². The minimum Gasteiger partial charge on any atom is -0.493 e. The third-order valence-electron chi connectivity index (χ3n) is 5.00. The largest absolute Gasteiger partial charge is 0.493 e. The number of sulfonamides is 1. The van der Waals surface area contributed by atoms with Gasteiger partial charge >= 0.3 is 0 Å². The number of hydrogen-bond acceptors (Lipinski definition) is 6. The first-order chi connectivity index (χ1) is 13.5. The van der Waals surface area contributed by atoms with Gasteiger partial charge < -0.3 is 15.0 Å². The van der Waals surface area contributed by atoms with Crippen LogP contribution in [0.4, 0.5) is 5.69 Å². The van der Waals surface area contributed by atoms with Crippen LogP contribution < -0.4 is 15.0 Å². The van der Waals surface area contributed by atoms with E-state index in [-0.39, 0.29) is 17.7 Å². The number of hydrogen-bond donors (Lipinski definition) is 1. The molecule has 0 radical (unpaired) electrons. The van der Waals surface area contributed by atoms with Gasteiger partial charge in [-0.25, -0.2) is 8.42 Å². The van der Waals surface area contributed by atoms with Crippen LogP contribution in [0.3, 0.4) is 0 Å². The number of nitrogens with one attached hydrogen (secondary N) is 1. The highest BCUT2D eigenvalue weighted by Crippen LogP contribution is 2.42. The van der Waals surface area contributed by atoms with Gasteiger partial charge in [0.25, 0.3) is 15.9 Å². The van der Waals surface area contributed by atoms with Crippen molar-refractivity contribution in [3.05, 3.63) is 53.6 Å². The van der Waals surface area contributed by atoms with Gasteiger partial charge in [0.15, 0.2) is 5.17 Å². The maximum Gasteiger partial charge on any atom is 0.257 e. The fourth-order valence-corrected chi connectivity index (χ4v) is 5.90. The fraction of sp³-hybridized carbons (Fsp3) is 0.263. The molecule has 144 valence electrons. The van der Waals surface area contributed by atoms with Gasteiger partial charge in [-0.2, -0.15) is 0 Å². The Balaban J connectivity index is 1.39. The van der Waals surface area contributed by atoms with Gasteiger partial charge in [0.05, 0.1) is 24.1 Å². The number of benzene rings is 2. The molecule has 3 heterocycles. The first kappa shape index (κ1) is 17.6. The molecular weight excluding hydrogens is 398 g/mol. The number of para-hydroxylation sites is 1. The second kappa shape index (κ2) is 6.52. The smallest absolute Gasteiger partial charge is 0.257 e. The Bertz CT molecular complexity index is 1110. The van der Waals surface area contributed by atoms with Crippen molar-refractivity contribution in [1.82, 2.24) is 5.32 Å². The summed E-state index contributed by atoms with van der Waals surface area (Å²) >= 11 is 1.29. The highest BCUT2D eigenvalue weighted by Gasteiger charge is 2.33. The lowest BCUT2D eigenvalue weighted by Crippen LogP contribution is -2.35. The van der Waals surface area contributed by atoms with Crippen molar-refractivity contribution in [2.24, 2.45) is 4.40 Å². The van der Waals surface area contributed by atoms with Crippen LogP contribution in [0.1, 0.15) is 28.4 Å². The lowest BCUT2D eigenvalue weighted by molar-refractivity contribution is 0.0924. The van der Waals surface area contributed by atoms with Gasteiger partial charge in [-0.1, -0.05) is 18.2 Å².